The second-order valence-electron chi connectivity index (χ2n) is 7.21. The number of halogens is 1. The zero-order valence-corrected chi connectivity index (χ0v) is 17.8. The molecule has 0 aliphatic carbocycles. The van der Waals surface area contributed by atoms with Gasteiger partial charge in [0.15, 0.2) is 5.65 Å². The highest BCUT2D eigenvalue weighted by Crippen LogP contribution is 2.35. The number of fused-ring (bicyclic) bond motifs is 1. The zero-order chi connectivity index (χ0) is 20.5. The van der Waals surface area contributed by atoms with Crippen LogP contribution in [0.3, 0.4) is 0 Å². The third-order valence-corrected chi connectivity index (χ3v) is 5.77. The molecule has 0 spiro atoms. The van der Waals surface area contributed by atoms with Gasteiger partial charge < -0.3 is 15.8 Å². The molecule has 150 valence electrons. The quantitative estimate of drug-likeness (QED) is 0.471. The molecule has 5 rings (SSSR count). The maximum atomic E-state index is 6.20. The summed E-state index contributed by atoms with van der Waals surface area (Å²) in [6.45, 7) is 2.46. The molecule has 2 aromatic carbocycles. The number of hydrogen-bond donors (Lipinski definition) is 2. The topological polar surface area (TPSA) is 86.0 Å². The summed E-state index contributed by atoms with van der Waals surface area (Å²) in [5.74, 6) is 0.423. The van der Waals surface area contributed by atoms with Crippen LogP contribution >= 0.6 is 15.9 Å². The summed E-state index contributed by atoms with van der Waals surface area (Å²) >= 11 is 3.56. The molecule has 0 amide bonds. The van der Waals surface area contributed by atoms with Crippen molar-refractivity contribution in [2.45, 2.75) is 6.10 Å². The van der Waals surface area contributed by atoms with E-state index in [0.29, 0.717) is 11.5 Å². The van der Waals surface area contributed by atoms with Crippen LogP contribution in [0.4, 0.5) is 5.82 Å². The van der Waals surface area contributed by atoms with E-state index in [9.17, 15) is 0 Å². The number of nitrogen functional groups attached to an aromatic ring is 1. The molecule has 1 saturated heterocycles. The Hall–Kier alpha value is -2.87. The molecule has 1 aliphatic rings. The molecule has 30 heavy (non-hydrogen) atoms. The first kappa shape index (κ1) is 19.1. The number of pyridine rings is 1. The van der Waals surface area contributed by atoms with Gasteiger partial charge >= 0.3 is 0 Å². The number of rotatable bonds is 3. The van der Waals surface area contributed by atoms with Gasteiger partial charge in [-0.3, -0.25) is 0 Å². The fourth-order valence-electron chi connectivity index (χ4n) is 3.77. The maximum absolute atomic E-state index is 6.20. The van der Waals surface area contributed by atoms with Crippen molar-refractivity contribution in [3.05, 3.63) is 71.0 Å². The minimum Gasteiger partial charge on any atom is -0.383 e. The number of nitrogens with zero attached hydrogens (tertiary/aromatic N) is 3. The molecule has 0 saturated carbocycles. The molecule has 1 unspecified atom stereocenters. The van der Waals surface area contributed by atoms with Gasteiger partial charge in [0.1, 0.15) is 12.1 Å². The van der Waals surface area contributed by atoms with Gasteiger partial charge in [0, 0.05) is 23.1 Å². The van der Waals surface area contributed by atoms with Crippen molar-refractivity contribution in [2.24, 2.45) is 0 Å². The lowest BCUT2D eigenvalue weighted by Crippen LogP contribution is -2.33. The average molecular weight is 462 g/mol. The fourth-order valence-corrected chi connectivity index (χ4v) is 4.17. The van der Waals surface area contributed by atoms with Crippen molar-refractivity contribution in [3.8, 4) is 22.4 Å². The lowest BCUT2D eigenvalue weighted by Gasteiger charge is -2.24. The number of benzene rings is 2. The van der Waals surface area contributed by atoms with Crippen LogP contribution in [0.1, 0.15) is 11.7 Å². The van der Waals surface area contributed by atoms with E-state index in [-0.39, 0.29) is 6.10 Å². The predicted octanol–water partition coefficient (Wildman–Crippen LogP) is 4.36. The van der Waals surface area contributed by atoms with Crippen LogP contribution in [-0.2, 0) is 4.74 Å². The Bertz CT molecular complexity index is 1210. The monoisotopic (exact) mass is 461 g/mol. The van der Waals surface area contributed by atoms with E-state index in [1.165, 1.54) is 6.33 Å². The lowest BCUT2D eigenvalue weighted by atomic mass is 9.99. The number of ether oxygens (including phenoxy) is 1. The predicted molar refractivity (Wildman–Crippen MR) is 122 cm³/mol. The largest absolute Gasteiger partial charge is 0.383 e. The fraction of sp³-hybridized carbons (Fsp3) is 0.174. The van der Waals surface area contributed by atoms with Gasteiger partial charge in [0.2, 0.25) is 0 Å². The van der Waals surface area contributed by atoms with Gasteiger partial charge in [0.05, 0.1) is 23.8 Å². The summed E-state index contributed by atoms with van der Waals surface area (Å²) in [7, 11) is 0. The second kappa shape index (κ2) is 8.10. The average Bonchev–Trinajstić information content (AvgIpc) is 2.79. The van der Waals surface area contributed by atoms with Crippen molar-refractivity contribution < 1.29 is 4.74 Å². The molecule has 4 aromatic rings. The van der Waals surface area contributed by atoms with Crippen LogP contribution in [0.15, 0.2) is 65.4 Å². The van der Waals surface area contributed by atoms with Crippen molar-refractivity contribution >= 4 is 32.8 Å². The Kier molecular flexibility index (Phi) is 5.16. The van der Waals surface area contributed by atoms with E-state index < -0.39 is 0 Å². The molecule has 1 aliphatic heterocycles. The van der Waals surface area contributed by atoms with Gasteiger partial charge in [0.25, 0.3) is 0 Å². The van der Waals surface area contributed by atoms with E-state index in [1.807, 2.05) is 18.2 Å². The Morgan fingerprint density at radius 2 is 1.90 bits per heavy atom. The number of morpholine rings is 1. The van der Waals surface area contributed by atoms with Crippen LogP contribution in [0.5, 0.6) is 0 Å². The number of aromatic nitrogens is 3. The van der Waals surface area contributed by atoms with E-state index in [0.717, 1.165) is 57.5 Å². The van der Waals surface area contributed by atoms with Crippen LogP contribution < -0.4 is 11.1 Å². The third kappa shape index (κ3) is 3.67. The molecule has 3 N–H and O–H groups in total. The van der Waals surface area contributed by atoms with E-state index >= 15 is 0 Å². The minimum absolute atomic E-state index is 0.0853. The van der Waals surface area contributed by atoms with Gasteiger partial charge in [-0.2, -0.15) is 0 Å². The maximum Gasteiger partial charge on any atom is 0.165 e. The second-order valence-corrected chi connectivity index (χ2v) is 8.12. The van der Waals surface area contributed by atoms with E-state index in [2.05, 4.69) is 67.6 Å². The summed E-state index contributed by atoms with van der Waals surface area (Å²) in [4.78, 5) is 13.3. The molecule has 7 heteroatoms. The van der Waals surface area contributed by atoms with Crippen molar-refractivity contribution in [1.29, 1.82) is 0 Å². The van der Waals surface area contributed by atoms with Crippen molar-refractivity contribution in [3.63, 3.8) is 0 Å². The highest BCUT2D eigenvalue weighted by atomic mass is 79.9. The summed E-state index contributed by atoms with van der Waals surface area (Å²) in [5.41, 5.74) is 11.8. The van der Waals surface area contributed by atoms with Crippen molar-refractivity contribution in [2.75, 3.05) is 25.4 Å². The molecule has 3 heterocycles. The Labute approximate surface area is 182 Å². The highest BCUT2D eigenvalue weighted by molar-refractivity contribution is 9.10. The Morgan fingerprint density at radius 1 is 1.03 bits per heavy atom. The molecule has 2 aromatic heterocycles. The first-order valence-corrected chi connectivity index (χ1v) is 10.6. The first-order valence-electron chi connectivity index (χ1n) is 9.79. The van der Waals surface area contributed by atoms with Crippen molar-refractivity contribution in [1.82, 2.24) is 20.3 Å². The number of nitrogens with one attached hydrogen (secondary N) is 1. The van der Waals surface area contributed by atoms with Gasteiger partial charge in [-0.05, 0) is 34.9 Å². The van der Waals surface area contributed by atoms with E-state index in [1.54, 1.807) is 0 Å². The van der Waals surface area contributed by atoms with E-state index in [4.69, 9.17) is 15.5 Å². The highest BCUT2D eigenvalue weighted by Gasteiger charge is 2.17. The number of anilines is 1. The summed E-state index contributed by atoms with van der Waals surface area (Å²) in [5, 5.41) is 4.13. The molecular weight excluding hydrogens is 442 g/mol. The zero-order valence-electron chi connectivity index (χ0n) is 16.2. The molecule has 0 bridgehead atoms. The molecule has 0 radical (unpaired) electrons. The molecule has 1 atom stereocenters. The van der Waals surface area contributed by atoms with Gasteiger partial charge in [-0.25, -0.2) is 15.0 Å². The summed E-state index contributed by atoms with van der Waals surface area (Å²) in [6, 6.07) is 18.5. The molecular formula is C23H20BrN5O. The van der Waals surface area contributed by atoms with Crippen LogP contribution in [0.25, 0.3) is 33.4 Å². The third-order valence-electron chi connectivity index (χ3n) is 5.27. The van der Waals surface area contributed by atoms with Crippen LogP contribution in [0, 0.1) is 0 Å². The van der Waals surface area contributed by atoms with Crippen LogP contribution in [0.2, 0.25) is 0 Å². The number of hydrogen-bond acceptors (Lipinski definition) is 6. The lowest BCUT2D eigenvalue weighted by molar-refractivity contribution is 0.0277. The first-order chi connectivity index (χ1) is 14.7. The summed E-state index contributed by atoms with van der Waals surface area (Å²) in [6.07, 6.45) is 1.54. The van der Waals surface area contributed by atoms with Gasteiger partial charge in [-0.15, -0.1) is 0 Å². The minimum atomic E-state index is 0.0853. The van der Waals surface area contributed by atoms with Gasteiger partial charge in [-0.1, -0.05) is 52.3 Å². The van der Waals surface area contributed by atoms with Crippen LogP contribution in [-0.4, -0.2) is 34.6 Å². The Morgan fingerprint density at radius 3 is 2.67 bits per heavy atom. The molecule has 1 fully saturated rings. The standard InChI is InChI=1S/C23H20BrN5O/c24-17-3-1-2-16(10-17)18-11-19(29-23-21(18)22(25)27-13-28-23)14-4-6-15(7-5-14)20-12-26-8-9-30-20/h1-7,10-11,13,20,26H,8-9,12H2,(H2,25,27,28,29). The Balaban J connectivity index is 1.61. The SMILES string of the molecule is Nc1ncnc2nc(-c3ccc(C4CNCCO4)cc3)cc(-c3cccc(Br)c3)c12. The number of nitrogens with two attached hydrogens (primary N) is 1. The molecule has 6 nitrogen and oxygen atoms in total. The summed E-state index contributed by atoms with van der Waals surface area (Å²) < 4.78 is 6.85. The normalized spacial score (nSPS) is 16.6. The smallest absolute Gasteiger partial charge is 0.165 e.